The summed E-state index contributed by atoms with van der Waals surface area (Å²) in [7, 11) is 0. The number of hydrogen-bond donors (Lipinski definition) is 1. The highest BCUT2D eigenvalue weighted by Crippen LogP contribution is 2.16. The lowest BCUT2D eigenvalue weighted by atomic mass is 10.1. The summed E-state index contributed by atoms with van der Waals surface area (Å²) in [5, 5.41) is 0.247. The molecule has 8 nitrogen and oxygen atoms in total. The van der Waals surface area contributed by atoms with E-state index >= 15 is 0 Å². The van der Waals surface area contributed by atoms with Crippen molar-refractivity contribution in [3.8, 4) is 0 Å². The Bertz CT molecular complexity index is 1180. The average Bonchev–Trinajstić information content (AvgIpc) is 3.14. The molecule has 0 saturated carbocycles. The molecule has 32 heavy (non-hydrogen) atoms. The van der Waals surface area contributed by atoms with E-state index in [0.29, 0.717) is 61.4 Å². The topological polar surface area (TPSA) is 95.9 Å². The number of oxazole rings is 1. The normalized spacial score (nSPS) is 14.6. The Morgan fingerprint density at radius 3 is 2.66 bits per heavy atom. The largest absolute Gasteiger partial charge is 0.445 e. The first-order valence-electron chi connectivity index (χ1n) is 10.1. The molecule has 10 heteroatoms. The van der Waals surface area contributed by atoms with Crippen LogP contribution in [0.25, 0.3) is 11.1 Å². The average molecular weight is 462 g/mol. The molecule has 1 amide bonds. The van der Waals surface area contributed by atoms with E-state index in [1.54, 1.807) is 29.2 Å². The summed E-state index contributed by atoms with van der Waals surface area (Å²) in [6.07, 6.45) is -0.160. The molecule has 0 bridgehead atoms. The second kappa shape index (κ2) is 9.54. The third-order valence-electron chi connectivity index (χ3n) is 5.31. The number of ketones is 1. The van der Waals surface area contributed by atoms with Crippen LogP contribution in [0.2, 0.25) is 5.02 Å². The summed E-state index contributed by atoms with van der Waals surface area (Å²) >= 11 is 5.81. The molecule has 1 aromatic heterocycles. The van der Waals surface area contributed by atoms with E-state index in [4.69, 9.17) is 20.8 Å². The molecule has 0 atom stereocenters. The Morgan fingerprint density at radius 2 is 1.91 bits per heavy atom. The van der Waals surface area contributed by atoms with Gasteiger partial charge in [-0.05, 0) is 42.0 Å². The maximum absolute atomic E-state index is 13.4. The molecule has 2 aromatic carbocycles. The van der Waals surface area contributed by atoms with Crippen LogP contribution in [0.1, 0.15) is 22.3 Å². The third-order valence-corrected chi connectivity index (χ3v) is 5.53. The molecule has 2 heterocycles. The monoisotopic (exact) mass is 461 g/mol. The van der Waals surface area contributed by atoms with Crippen LogP contribution in [0.3, 0.4) is 0 Å². The van der Waals surface area contributed by atoms with Crippen molar-refractivity contribution in [2.24, 2.45) is 0 Å². The molecule has 1 N–H and O–H groups in total. The van der Waals surface area contributed by atoms with Gasteiger partial charge in [0.15, 0.2) is 11.4 Å². The van der Waals surface area contributed by atoms with Crippen LogP contribution in [0.4, 0.5) is 9.18 Å². The number of benzene rings is 2. The van der Waals surface area contributed by atoms with Gasteiger partial charge in [0.25, 0.3) is 0 Å². The lowest BCUT2D eigenvalue weighted by Crippen LogP contribution is -2.49. The van der Waals surface area contributed by atoms with Crippen LogP contribution in [-0.4, -0.2) is 59.4 Å². The molecule has 1 fully saturated rings. The first kappa shape index (κ1) is 22.0. The molecule has 1 aliphatic rings. The molecule has 0 radical (unpaired) electrons. The predicted molar refractivity (Wildman–Crippen MR) is 115 cm³/mol. The van der Waals surface area contributed by atoms with Gasteiger partial charge in [0.2, 0.25) is 0 Å². The maximum Gasteiger partial charge on any atom is 0.417 e. The van der Waals surface area contributed by atoms with Gasteiger partial charge in [0, 0.05) is 49.7 Å². The standard InChI is InChI=1S/C22H21ClFN3O5/c23-16-9-14(10-17(24)12-16)13-31-22(30)27-7-5-26(6-8-27)4-3-19(28)15-1-2-18-20(11-15)32-21(29)25-18/h1-2,9-12H,3-8,13H2,(H,25,29). The highest BCUT2D eigenvalue weighted by Gasteiger charge is 2.23. The molecule has 0 aliphatic carbocycles. The molecule has 3 aromatic rings. The van der Waals surface area contributed by atoms with Gasteiger partial charge in [0.1, 0.15) is 12.4 Å². The molecule has 0 spiro atoms. The number of H-pyrrole nitrogens is 1. The van der Waals surface area contributed by atoms with Crippen LogP contribution in [-0.2, 0) is 11.3 Å². The van der Waals surface area contributed by atoms with Gasteiger partial charge in [0.05, 0.1) is 5.52 Å². The van der Waals surface area contributed by atoms with E-state index in [0.717, 1.165) is 0 Å². The third kappa shape index (κ3) is 5.35. The number of aromatic amines is 1. The number of ether oxygens (including phenoxy) is 1. The summed E-state index contributed by atoms with van der Waals surface area (Å²) in [5.41, 5.74) is 1.88. The highest BCUT2D eigenvalue weighted by atomic mass is 35.5. The molecular weight excluding hydrogens is 441 g/mol. The molecule has 1 aliphatic heterocycles. The number of hydrogen-bond acceptors (Lipinski definition) is 6. The molecule has 0 unspecified atom stereocenters. The zero-order chi connectivity index (χ0) is 22.7. The number of nitrogens with zero attached hydrogens (tertiary/aromatic N) is 2. The number of halogens is 2. The second-order valence-electron chi connectivity index (χ2n) is 7.56. The Kier molecular flexibility index (Phi) is 6.57. The van der Waals surface area contributed by atoms with E-state index in [9.17, 15) is 18.8 Å². The number of aromatic nitrogens is 1. The number of amides is 1. The number of piperazine rings is 1. The number of carbonyl (C=O) groups is 2. The molecule has 168 valence electrons. The zero-order valence-corrected chi connectivity index (χ0v) is 17.9. The Morgan fingerprint density at radius 1 is 1.12 bits per heavy atom. The first-order valence-corrected chi connectivity index (χ1v) is 10.5. The summed E-state index contributed by atoms with van der Waals surface area (Å²) in [4.78, 5) is 42.2. The minimum absolute atomic E-state index is 0.0497. The van der Waals surface area contributed by atoms with Crippen LogP contribution in [0.15, 0.2) is 45.6 Å². The van der Waals surface area contributed by atoms with Crippen molar-refractivity contribution in [3.05, 3.63) is 68.9 Å². The van der Waals surface area contributed by atoms with E-state index in [1.807, 2.05) is 0 Å². The fraction of sp³-hybridized carbons (Fsp3) is 0.318. The van der Waals surface area contributed by atoms with E-state index in [-0.39, 0.29) is 17.4 Å². The smallest absolute Gasteiger partial charge is 0.417 e. The number of rotatable bonds is 6. The predicted octanol–water partition coefficient (Wildman–Crippen LogP) is 3.44. The number of fused-ring (bicyclic) bond motifs is 1. The van der Waals surface area contributed by atoms with Crippen molar-refractivity contribution in [2.45, 2.75) is 13.0 Å². The van der Waals surface area contributed by atoms with Crippen molar-refractivity contribution in [1.29, 1.82) is 0 Å². The van der Waals surface area contributed by atoms with Crippen molar-refractivity contribution in [1.82, 2.24) is 14.8 Å². The first-order chi connectivity index (χ1) is 15.4. The Hall–Kier alpha value is -3.17. The molecular formula is C22H21ClFN3O5. The van der Waals surface area contributed by atoms with Gasteiger partial charge in [-0.2, -0.15) is 0 Å². The number of Topliss-reactive ketones (excluding diaryl/α,β-unsaturated/α-hetero) is 1. The van der Waals surface area contributed by atoms with E-state index < -0.39 is 17.7 Å². The Balaban J connectivity index is 1.22. The van der Waals surface area contributed by atoms with Crippen LogP contribution >= 0.6 is 11.6 Å². The van der Waals surface area contributed by atoms with Gasteiger partial charge in [-0.25, -0.2) is 14.0 Å². The van der Waals surface area contributed by atoms with E-state index in [2.05, 4.69) is 9.88 Å². The lowest BCUT2D eigenvalue weighted by Gasteiger charge is -2.33. The van der Waals surface area contributed by atoms with Gasteiger partial charge >= 0.3 is 11.8 Å². The minimum Gasteiger partial charge on any atom is -0.445 e. The fourth-order valence-corrected chi connectivity index (χ4v) is 3.85. The van der Waals surface area contributed by atoms with Crippen molar-refractivity contribution in [2.75, 3.05) is 32.7 Å². The Labute approximate surface area is 187 Å². The molecule has 4 rings (SSSR count). The highest BCUT2D eigenvalue weighted by molar-refractivity contribution is 6.30. The van der Waals surface area contributed by atoms with Crippen molar-refractivity contribution < 1.29 is 23.1 Å². The van der Waals surface area contributed by atoms with Crippen LogP contribution < -0.4 is 5.76 Å². The van der Waals surface area contributed by atoms with E-state index in [1.165, 1.54) is 12.1 Å². The van der Waals surface area contributed by atoms with Crippen molar-refractivity contribution in [3.63, 3.8) is 0 Å². The van der Waals surface area contributed by atoms with Gasteiger partial charge in [-0.3, -0.25) is 14.7 Å². The fourth-order valence-electron chi connectivity index (χ4n) is 3.61. The van der Waals surface area contributed by atoms with Crippen LogP contribution in [0.5, 0.6) is 0 Å². The van der Waals surface area contributed by atoms with Gasteiger partial charge < -0.3 is 14.1 Å². The summed E-state index contributed by atoms with van der Waals surface area (Å²) in [6, 6.07) is 8.89. The SMILES string of the molecule is O=C(CCN1CCN(C(=O)OCc2cc(F)cc(Cl)c2)CC1)c1ccc2[nH]c(=O)oc2c1. The maximum atomic E-state index is 13.4. The minimum atomic E-state index is -0.555. The summed E-state index contributed by atoms with van der Waals surface area (Å²) in [5.74, 6) is -1.09. The van der Waals surface area contributed by atoms with Crippen molar-refractivity contribution >= 4 is 34.6 Å². The summed E-state index contributed by atoms with van der Waals surface area (Å²) in [6.45, 7) is 2.66. The van der Waals surface area contributed by atoms with Crippen LogP contribution in [0, 0.1) is 5.82 Å². The second-order valence-corrected chi connectivity index (χ2v) is 8.00. The summed E-state index contributed by atoms with van der Waals surface area (Å²) < 4.78 is 23.6. The zero-order valence-electron chi connectivity index (χ0n) is 17.1. The van der Waals surface area contributed by atoms with Gasteiger partial charge in [-0.1, -0.05) is 11.6 Å². The lowest BCUT2D eigenvalue weighted by molar-refractivity contribution is 0.0696. The van der Waals surface area contributed by atoms with Gasteiger partial charge in [-0.15, -0.1) is 0 Å². The number of carbonyl (C=O) groups excluding carboxylic acids is 2. The quantitative estimate of drug-likeness (QED) is 0.565. The molecule has 1 saturated heterocycles. The number of nitrogens with one attached hydrogen (secondary N) is 1.